The van der Waals surface area contributed by atoms with Crippen molar-refractivity contribution in [2.24, 2.45) is 0 Å². The Kier molecular flexibility index (Phi) is 2.43. The molecule has 63 valence electrons. The van der Waals surface area contributed by atoms with Crippen molar-refractivity contribution in [3.05, 3.63) is 35.2 Å². The summed E-state index contributed by atoms with van der Waals surface area (Å²) in [4.78, 5) is 14.4. The van der Waals surface area contributed by atoms with Crippen LogP contribution in [0.25, 0.3) is 0 Å². The van der Waals surface area contributed by atoms with Crippen LogP contribution in [0.4, 0.5) is 4.39 Å². The van der Waals surface area contributed by atoms with Gasteiger partial charge in [0.2, 0.25) is 0 Å². The molecule has 0 aliphatic carbocycles. The van der Waals surface area contributed by atoms with Crippen LogP contribution >= 0.6 is 11.6 Å². The fourth-order valence-electron chi connectivity index (χ4n) is 0.804. The summed E-state index contributed by atoms with van der Waals surface area (Å²) in [5.74, 6) is -1.09. The molecule has 0 spiro atoms. The minimum atomic E-state index is -0.702. The topological polar surface area (TPSA) is 30.0 Å². The Morgan fingerprint density at radius 1 is 1.75 bits per heavy atom. The number of ketones is 1. The van der Waals surface area contributed by atoms with Crippen molar-refractivity contribution in [1.82, 2.24) is 4.98 Å². The third-order valence-corrected chi connectivity index (χ3v) is 1.57. The summed E-state index contributed by atoms with van der Waals surface area (Å²) < 4.78 is 13.0. The zero-order chi connectivity index (χ0) is 9.30. The van der Waals surface area contributed by atoms with Crippen LogP contribution in [-0.2, 0) is 0 Å². The van der Waals surface area contributed by atoms with Crippen molar-refractivity contribution in [2.45, 2.75) is 6.92 Å². The van der Waals surface area contributed by atoms with Gasteiger partial charge in [-0.3, -0.25) is 4.79 Å². The third kappa shape index (κ3) is 1.61. The van der Waals surface area contributed by atoms with Crippen molar-refractivity contribution < 1.29 is 9.18 Å². The molecule has 4 heteroatoms. The predicted molar refractivity (Wildman–Crippen MR) is 43.7 cm³/mol. The first-order valence-electron chi connectivity index (χ1n) is 3.21. The molecule has 1 radical (unpaired) electrons. The zero-order valence-corrected chi connectivity index (χ0v) is 7.15. The number of carbonyl (C=O) groups excluding carboxylic acids is 1. The molecule has 0 aliphatic heterocycles. The number of Topliss-reactive ketones (excluding diaryl/α,β-unsaturated/α-hetero) is 1. The second kappa shape index (κ2) is 3.19. The van der Waals surface area contributed by atoms with Crippen LogP contribution in [0.3, 0.4) is 0 Å². The SMILES string of the molecule is [CH2]c1nc(Cl)cc(C(C)=O)c1F. The van der Waals surface area contributed by atoms with E-state index in [1.165, 1.54) is 13.0 Å². The van der Waals surface area contributed by atoms with E-state index in [2.05, 4.69) is 11.9 Å². The van der Waals surface area contributed by atoms with Gasteiger partial charge in [0.05, 0.1) is 11.3 Å². The lowest BCUT2D eigenvalue weighted by molar-refractivity contribution is 0.101. The molecule has 1 aromatic rings. The maximum absolute atomic E-state index is 13.0. The number of hydrogen-bond donors (Lipinski definition) is 0. The lowest BCUT2D eigenvalue weighted by atomic mass is 10.1. The van der Waals surface area contributed by atoms with Gasteiger partial charge >= 0.3 is 0 Å². The molecular weight excluding hydrogens is 181 g/mol. The van der Waals surface area contributed by atoms with Crippen molar-refractivity contribution in [2.75, 3.05) is 0 Å². The number of halogens is 2. The Hall–Kier alpha value is -0.960. The number of pyridine rings is 1. The molecule has 0 aliphatic rings. The van der Waals surface area contributed by atoms with Crippen molar-refractivity contribution >= 4 is 17.4 Å². The predicted octanol–water partition coefficient (Wildman–Crippen LogP) is 2.26. The molecule has 0 atom stereocenters. The van der Waals surface area contributed by atoms with Gasteiger partial charge in [-0.15, -0.1) is 0 Å². The van der Waals surface area contributed by atoms with Gasteiger partial charge < -0.3 is 0 Å². The molecule has 0 bridgehead atoms. The number of aromatic nitrogens is 1. The highest BCUT2D eigenvalue weighted by atomic mass is 35.5. The Morgan fingerprint density at radius 3 is 2.83 bits per heavy atom. The summed E-state index contributed by atoms with van der Waals surface area (Å²) in [6.45, 7) is 4.56. The normalized spacial score (nSPS) is 10.0. The van der Waals surface area contributed by atoms with Crippen LogP contribution in [0.5, 0.6) is 0 Å². The molecule has 1 aromatic heterocycles. The van der Waals surface area contributed by atoms with E-state index in [4.69, 9.17) is 11.6 Å². The highest BCUT2D eigenvalue weighted by molar-refractivity contribution is 6.29. The molecule has 2 nitrogen and oxygen atoms in total. The summed E-state index contributed by atoms with van der Waals surface area (Å²) >= 11 is 5.50. The molecule has 0 saturated carbocycles. The number of hydrogen-bond acceptors (Lipinski definition) is 2. The molecule has 0 saturated heterocycles. The summed E-state index contributed by atoms with van der Waals surface area (Å²) in [6.07, 6.45) is 0. The van der Waals surface area contributed by atoms with Gasteiger partial charge in [0.25, 0.3) is 0 Å². The van der Waals surface area contributed by atoms with Crippen LogP contribution in [-0.4, -0.2) is 10.8 Å². The van der Waals surface area contributed by atoms with Gasteiger partial charge in [-0.1, -0.05) is 11.6 Å². The molecular formula is C8H6ClFNO. The van der Waals surface area contributed by atoms with Crippen LogP contribution < -0.4 is 0 Å². The second-order valence-electron chi connectivity index (χ2n) is 2.31. The minimum Gasteiger partial charge on any atom is -0.294 e. The van der Waals surface area contributed by atoms with Crippen molar-refractivity contribution in [1.29, 1.82) is 0 Å². The Morgan fingerprint density at radius 2 is 2.33 bits per heavy atom. The first-order chi connectivity index (χ1) is 5.52. The molecule has 1 heterocycles. The van der Waals surface area contributed by atoms with Gasteiger partial charge in [0, 0.05) is 0 Å². The van der Waals surface area contributed by atoms with Crippen LogP contribution in [0.1, 0.15) is 23.0 Å². The van der Waals surface area contributed by atoms with Gasteiger partial charge in [-0.2, -0.15) is 0 Å². The third-order valence-electron chi connectivity index (χ3n) is 1.37. The Labute approximate surface area is 74.4 Å². The number of rotatable bonds is 1. The van der Waals surface area contributed by atoms with E-state index in [0.29, 0.717) is 0 Å². The van der Waals surface area contributed by atoms with Crippen LogP contribution in [0.2, 0.25) is 5.15 Å². The van der Waals surface area contributed by atoms with Crippen molar-refractivity contribution in [3.63, 3.8) is 0 Å². The zero-order valence-electron chi connectivity index (χ0n) is 6.40. The largest absolute Gasteiger partial charge is 0.294 e. The first kappa shape index (κ1) is 9.13. The minimum absolute atomic E-state index is 0.0694. The fraction of sp³-hybridized carbons (Fsp3) is 0.125. The van der Waals surface area contributed by atoms with Gasteiger partial charge in [0.15, 0.2) is 11.6 Å². The standard InChI is InChI=1S/C8H6ClFNO/c1-4-8(10)6(5(2)12)3-7(9)11-4/h3H,1H2,2H3. The fourth-order valence-corrected chi connectivity index (χ4v) is 1.02. The van der Waals surface area contributed by atoms with Crippen molar-refractivity contribution in [3.8, 4) is 0 Å². The number of carbonyl (C=O) groups is 1. The van der Waals surface area contributed by atoms with Crippen LogP contribution in [0.15, 0.2) is 6.07 Å². The summed E-state index contributed by atoms with van der Waals surface area (Å²) in [5, 5.41) is 0.0756. The average Bonchev–Trinajstić information content (AvgIpc) is 1.96. The van der Waals surface area contributed by atoms with E-state index in [9.17, 15) is 9.18 Å². The highest BCUT2D eigenvalue weighted by Crippen LogP contribution is 2.15. The quantitative estimate of drug-likeness (QED) is 0.498. The maximum Gasteiger partial charge on any atom is 0.162 e. The Bertz CT molecular complexity index is 338. The van der Waals surface area contributed by atoms with Gasteiger partial charge in [-0.05, 0) is 19.9 Å². The van der Waals surface area contributed by atoms with E-state index >= 15 is 0 Å². The molecule has 1 rings (SSSR count). The van der Waals surface area contributed by atoms with Crippen LogP contribution in [0, 0.1) is 12.7 Å². The van der Waals surface area contributed by atoms with Gasteiger partial charge in [0.1, 0.15) is 5.15 Å². The first-order valence-corrected chi connectivity index (χ1v) is 3.59. The van der Waals surface area contributed by atoms with E-state index in [0.717, 1.165) is 0 Å². The Balaban J connectivity index is 3.37. The second-order valence-corrected chi connectivity index (χ2v) is 2.70. The molecule has 0 N–H and O–H groups in total. The van der Waals surface area contributed by atoms with Gasteiger partial charge in [-0.25, -0.2) is 9.37 Å². The average molecular weight is 187 g/mol. The molecule has 0 aromatic carbocycles. The summed E-state index contributed by atoms with van der Waals surface area (Å²) in [7, 11) is 0. The molecule has 12 heavy (non-hydrogen) atoms. The maximum atomic E-state index is 13.0. The molecule has 0 fully saturated rings. The summed E-state index contributed by atoms with van der Waals surface area (Å²) in [6, 6.07) is 1.19. The molecule has 0 unspecified atom stereocenters. The number of nitrogens with zero attached hydrogens (tertiary/aromatic N) is 1. The lowest BCUT2D eigenvalue weighted by Gasteiger charge is -2.01. The van der Waals surface area contributed by atoms with E-state index in [1.54, 1.807) is 0 Å². The van der Waals surface area contributed by atoms with E-state index in [1.807, 2.05) is 0 Å². The lowest BCUT2D eigenvalue weighted by Crippen LogP contribution is -2.01. The van der Waals surface area contributed by atoms with E-state index < -0.39 is 5.82 Å². The highest BCUT2D eigenvalue weighted by Gasteiger charge is 2.11. The smallest absolute Gasteiger partial charge is 0.162 e. The van der Waals surface area contributed by atoms with E-state index in [-0.39, 0.29) is 22.2 Å². The summed E-state index contributed by atoms with van der Waals surface area (Å²) in [5.41, 5.74) is -0.173. The molecule has 0 amide bonds. The monoisotopic (exact) mass is 186 g/mol.